The second-order valence-corrected chi connectivity index (χ2v) is 6.03. The number of esters is 1. The lowest BCUT2D eigenvalue weighted by atomic mass is 10.2. The summed E-state index contributed by atoms with van der Waals surface area (Å²) >= 11 is 0. The predicted octanol–water partition coefficient (Wildman–Crippen LogP) is 3.32. The number of carbonyl (C=O) groups is 2. The van der Waals surface area contributed by atoms with Gasteiger partial charge in [0.05, 0.1) is 19.2 Å². The average Bonchev–Trinajstić information content (AvgIpc) is 2.64. The molecular formula is C20H24N2O3. The Bertz CT molecular complexity index is 714. The molecule has 0 aliphatic rings. The van der Waals surface area contributed by atoms with Crippen molar-refractivity contribution in [2.75, 3.05) is 19.0 Å². The zero-order valence-electron chi connectivity index (χ0n) is 14.9. The molecule has 1 N–H and O–H groups in total. The van der Waals surface area contributed by atoms with Crippen LogP contribution in [0.1, 0.15) is 29.8 Å². The van der Waals surface area contributed by atoms with Crippen molar-refractivity contribution in [3.63, 3.8) is 0 Å². The van der Waals surface area contributed by atoms with Crippen LogP contribution in [0.3, 0.4) is 0 Å². The number of ether oxygens (including phenoxy) is 1. The summed E-state index contributed by atoms with van der Waals surface area (Å²) in [6, 6.07) is 16.9. The third kappa shape index (κ3) is 5.35. The van der Waals surface area contributed by atoms with Gasteiger partial charge in [0.1, 0.15) is 0 Å². The summed E-state index contributed by atoms with van der Waals surface area (Å²) in [4.78, 5) is 26.0. The van der Waals surface area contributed by atoms with Gasteiger partial charge in [-0.3, -0.25) is 4.79 Å². The van der Waals surface area contributed by atoms with Gasteiger partial charge in [-0.15, -0.1) is 0 Å². The lowest BCUT2D eigenvalue weighted by Gasteiger charge is -2.27. The summed E-state index contributed by atoms with van der Waals surface area (Å²) in [5, 5.41) is 3.09. The van der Waals surface area contributed by atoms with Gasteiger partial charge in [0.15, 0.2) is 0 Å². The molecule has 0 aliphatic heterocycles. The summed E-state index contributed by atoms with van der Waals surface area (Å²) < 4.78 is 4.71. The second kappa shape index (κ2) is 8.87. The molecule has 5 heteroatoms. The second-order valence-electron chi connectivity index (χ2n) is 6.03. The van der Waals surface area contributed by atoms with Crippen molar-refractivity contribution in [3.05, 3.63) is 65.7 Å². The van der Waals surface area contributed by atoms with E-state index in [2.05, 4.69) is 5.32 Å². The van der Waals surface area contributed by atoms with Gasteiger partial charge in [0.25, 0.3) is 0 Å². The average molecular weight is 340 g/mol. The molecule has 0 bridgehead atoms. The van der Waals surface area contributed by atoms with Gasteiger partial charge in [-0.2, -0.15) is 0 Å². The molecule has 0 fully saturated rings. The Balaban J connectivity index is 2.00. The number of carbonyl (C=O) groups excluding carboxylic acids is 2. The van der Waals surface area contributed by atoms with Gasteiger partial charge < -0.3 is 15.0 Å². The minimum Gasteiger partial charge on any atom is -0.465 e. The van der Waals surface area contributed by atoms with Crippen LogP contribution >= 0.6 is 0 Å². The molecule has 0 radical (unpaired) electrons. The van der Waals surface area contributed by atoms with Crippen LogP contribution in [0, 0.1) is 0 Å². The molecule has 132 valence electrons. The zero-order chi connectivity index (χ0) is 18.2. The number of hydrogen-bond acceptors (Lipinski definition) is 4. The number of benzene rings is 2. The van der Waals surface area contributed by atoms with E-state index in [4.69, 9.17) is 4.74 Å². The molecule has 0 heterocycles. The molecule has 0 aromatic heterocycles. The van der Waals surface area contributed by atoms with E-state index in [0.29, 0.717) is 17.8 Å². The first kappa shape index (κ1) is 18.5. The van der Waals surface area contributed by atoms with Gasteiger partial charge in [-0.05, 0) is 37.6 Å². The molecule has 2 aromatic rings. The monoisotopic (exact) mass is 340 g/mol. The van der Waals surface area contributed by atoms with Crippen LogP contribution in [-0.4, -0.2) is 36.5 Å². The van der Waals surface area contributed by atoms with E-state index in [1.807, 2.05) is 55.1 Å². The van der Waals surface area contributed by atoms with Gasteiger partial charge >= 0.3 is 5.97 Å². The zero-order valence-corrected chi connectivity index (χ0v) is 14.9. The van der Waals surface area contributed by atoms with Crippen molar-refractivity contribution < 1.29 is 14.3 Å². The molecule has 2 aromatic carbocycles. The molecule has 0 saturated heterocycles. The first-order chi connectivity index (χ1) is 12.0. The highest BCUT2D eigenvalue weighted by atomic mass is 16.5. The number of rotatable bonds is 7. The lowest BCUT2D eigenvalue weighted by Crippen LogP contribution is -2.39. The molecule has 0 aliphatic carbocycles. The van der Waals surface area contributed by atoms with E-state index in [-0.39, 0.29) is 18.5 Å². The molecule has 0 saturated carbocycles. The van der Waals surface area contributed by atoms with Crippen molar-refractivity contribution in [2.24, 2.45) is 0 Å². The number of methoxy groups -OCH3 is 1. The largest absolute Gasteiger partial charge is 0.465 e. The van der Waals surface area contributed by atoms with E-state index < -0.39 is 5.97 Å². The SMILES string of the molecule is COC(=O)c1cccc(NCC(=O)N(Cc2ccccc2)C(C)C)c1. The number of nitrogens with zero attached hydrogens (tertiary/aromatic N) is 1. The van der Waals surface area contributed by atoms with E-state index >= 15 is 0 Å². The number of hydrogen-bond donors (Lipinski definition) is 1. The first-order valence-electron chi connectivity index (χ1n) is 8.27. The molecular weight excluding hydrogens is 316 g/mol. The Hall–Kier alpha value is -2.82. The summed E-state index contributed by atoms with van der Waals surface area (Å²) in [5.74, 6) is -0.398. The van der Waals surface area contributed by atoms with Crippen LogP contribution in [0.4, 0.5) is 5.69 Å². The van der Waals surface area contributed by atoms with Crippen LogP contribution in [0.2, 0.25) is 0 Å². The number of amides is 1. The standard InChI is InChI=1S/C20H24N2O3/c1-15(2)22(14-16-8-5-4-6-9-16)19(23)13-21-18-11-7-10-17(12-18)20(24)25-3/h4-12,15,21H,13-14H2,1-3H3. The molecule has 5 nitrogen and oxygen atoms in total. The Morgan fingerprint density at radius 3 is 2.44 bits per heavy atom. The Kier molecular flexibility index (Phi) is 6.57. The van der Waals surface area contributed by atoms with Crippen molar-refractivity contribution >= 4 is 17.6 Å². The fraction of sp³-hybridized carbons (Fsp3) is 0.300. The predicted molar refractivity (Wildman–Crippen MR) is 98.4 cm³/mol. The maximum absolute atomic E-state index is 12.6. The normalized spacial score (nSPS) is 10.4. The molecule has 25 heavy (non-hydrogen) atoms. The lowest BCUT2D eigenvalue weighted by molar-refractivity contribution is -0.131. The van der Waals surface area contributed by atoms with E-state index in [1.165, 1.54) is 7.11 Å². The number of anilines is 1. The summed E-state index contributed by atoms with van der Waals surface area (Å²) in [6.45, 7) is 4.73. The third-order valence-electron chi connectivity index (χ3n) is 3.87. The smallest absolute Gasteiger partial charge is 0.337 e. The van der Waals surface area contributed by atoms with E-state index in [9.17, 15) is 9.59 Å². The fourth-order valence-corrected chi connectivity index (χ4v) is 2.49. The third-order valence-corrected chi connectivity index (χ3v) is 3.87. The van der Waals surface area contributed by atoms with Crippen molar-refractivity contribution in [3.8, 4) is 0 Å². The molecule has 0 atom stereocenters. The van der Waals surface area contributed by atoms with Crippen LogP contribution < -0.4 is 5.32 Å². The highest BCUT2D eigenvalue weighted by Crippen LogP contribution is 2.13. The highest BCUT2D eigenvalue weighted by molar-refractivity contribution is 5.90. The highest BCUT2D eigenvalue weighted by Gasteiger charge is 2.17. The van der Waals surface area contributed by atoms with E-state index in [1.54, 1.807) is 18.2 Å². The summed E-state index contributed by atoms with van der Waals surface area (Å²) in [7, 11) is 1.34. The first-order valence-corrected chi connectivity index (χ1v) is 8.27. The number of nitrogens with one attached hydrogen (secondary N) is 1. The molecule has 1 amide bonds. The maximum atomic E-state index is 12.6. The van der Waals surface area contributed by atoms with Crippen LogP contribution in [0.5, 0.6) is 0 Å². The minimum absolute atomic E-state index is 0.00215. The quantitative estimate of drug-likeness (QED) is 0.786. The Morgan fingerprint density at radius 1 is 1.08 bits per heavy atom. The Labute approximate surface area is 148 Å². The summed E-state index contributed by atoms with van der Waals surface area (Å²) in [5.41, 5.74) is 2.25. The topological polar surface area (TPSA) is 58.6 Å². The maximum Gasteiger partial charge on any atom is 0.337 e. The Morgan fingerprint density at radius 2 is 1.80 bits per heavy atom. The van der Waals surface area contributed by atoms with Gasteiger partial charge in [0.2, 0.25) is 5.91 Å². The van der Waals surface area contributed by atoms with Crippen molar-refractivity contribution in [1.82, 2.24) is 4.90 Å². The van der Waals surface area contributed by atoms with Crippen LogP contribution in [0.25, 0.3) is 0 Å². The molecule has 0 spiro atoms. The fourth-order valence-electron chi connectivity index (χ4n) is 2.49. The van der Waals surface area contributed by atoms with E-state index in [0.717, 1.165) is 5.56 Å². The summed E-state index contributed by atoms with van der Waals surface area (Å²) in [6.07, 6.45) is 0. The van der Waals surface area contributed by atoms with Crippen molar-refractivity contribution in [2.45, 2.75) is 26.4 Å². The van der Waals surface area contributed by atoms with Crippen LogP contribution in [-0.2, 0) is 16.1 Å². The van der Waals surface area contributed by atoms with Gasteiger partial charge in [-0.25, -0.2) is 4.79 Å². The van der Waals surface area contributed by atoms with Gasteiger partial charge in [0, 0.05) is 18.3 Å². The van der Waals surface area contributed by atoms with Gasteiger partial charge in [-0.1, -0.05) is 36.4 Å². The molecule has 0 unspecified atom stereocenters. The van der Waals surface area contributed by atoms with Crippen molar-refractivity contribution in [1.29, 1.82) is 0 Å². The molecule has 2 rings (SSSR count). The van der Waals surface area contributed by atoms with Crippen LogP contribution in [0.15, 0.2) is 54.6 Å². The minimum atomic E-state index is -0.400.